The zero-order chi connectivity index (χ0) is 21.6. The van der Waals surface area contributed by atoms with E-state index in [1.54, 1.807) is 6.07 Å². The third kappa shape index (κ3) is 5.61. The van der Waals surface area contributed by atoms with Gasteiger partial charge in [0.2, 0.25) is 0 Å². The number of anilines is 3. The number of aromatic nitrogens is 3. The topological polar surface area (TPSA) is 115 Å². The first kappa shape index (κ1) is 23.4. The molecule has 0 aliphatic heterocycles. The van der Waals surface area contributed by atoms with Crippen LogP contribution in [0.5, 0.6) is 0 Å². The van der Waals surface area contributed by atoms with Crippen molar-refractivity contribution in [2.75, 3.05) is 36.9 Å². The molecule has 0 fully saturated rings. The Morgan fingerprint density at radius 1 is 1.28 bits per heavy atom. The average Bonchev–Trinajstić information content (AvgIpc) is 2.68. The minimum Gasteiger partial charge on any atom is -0.382 e. The van der Waals surface area contributed by atoms with Gasteiger partial charge in [-0.1, -0.05) is 44.1 Å². The Kier molecular flexibility index (Phi) is 8.30. The van der Waals surface area contributed by atoms with Gasteiger partial charge in [0.05, 0.1) is 5.02 Å². The highest BCUT2D eigenvalue weighted by Gasteiger charge is 2.30. The highest BCUT2D eigenvalue weighted by molar-refractivity contribution is 7.99. The van der Waals surface area contributed by atoms with Crippen molar-refractivity contribution in [2.24, 2.45) is 11.3 Å². The molecule has 7 nitrogen and oxygen atoms in total. The van der Waals surface area contributed by atoms with E-state index < -0.39 is 5.95 Å². The smallest absolute Gasteiger partial charge is 0.256 e. The van der Waals surface area contributed by atoms with E-state index in [9.17, 15) is 4.39 Å². The molecule has 160 valence electrons. The van der Waals surface area contributed by atoms with Crippen molar-refractivity contribution in [3.05, 3.63) is 23.2 Å². The molecule has 2 rings (SSSR count). The molecule has 2 heterocycles. The van der Waals surface area contributed by atoms with E-state index in [1.807, 2.05) is 7.05 Å². The van der Waals surface area contributed by atoms with E-state index in [1.165, 1.54) is 6.20 Å². The maximum atomic E-state index is 14.5. The van der Waals surface area contributed by atoms with E-state index in [0.717, 1.165) is 31.1 Å². The Morgan fingerprint density at radius 3 is 2.62 bits per heavy atom. The maximum Gasteiger partial charge on any atom is 0.256 e. The third-order valence-electron chi connectivity index (χ3n) is 5.31. The van der Waals surface area contributed by atoms with Crippen LogP contribution in [0.15, 0.2) is 22.2 Å². The molecule has 0 aromatic carbocycles. The fraction of sp³-hybridized carbons (Fsp3) is 0.526. The summed E-state index contributed by atoms with van der Waals surface area (Å²) < 4.78 is 14.5. The fourth-order valence-corrected chi connectivity index (χ4v) is 4.33. The highest BCUT2D eigenvalue weighted by Crippen LogP contribution is 2.37. The van der Waals surface area contributed by atoms with Crippen LogP contribution in [0, 0.1) is 17.3 Å². The largest absolute Gasteiger partial charge is 0.382 e. The van der Waals surface area contributed by atoms with Crippen LogP contribution >= 0.6 is 23.4 Å². The van der Waals surface area contributed by atoms with Gasteiger partial charge in [0, 0.05) is 24.2 Å². The van der Waals surface area contributed by atoms with Crippen molar-refractivity contribution >= 4 is 40.8 Å². The maximum absolute atomic E-state index is 14.5. The predicted octanol–water partition coefficient (Wildman–Crippen LogP) is 4.05. The number of pyridine rings is 1. The van der Waals surface area contributed by atoms with E-state index in [4.69, 9.17) is 23.1 Å². The summed E-state index contributed by atoms with van der Waals surface area (Å²) in [5, 5.41) is 6.82. The Hall–Kier alpha value is -1.84. The lowest BCUT2D eigenvalue weighted by atomic mass is 9.72. The second kappa shape index (κ2) is 10.3. The van der Waals surface area contributed by atoms with Crippen LogP contribution in [-0.2, 0) is 0 Å². The second-order valence-corrected chi connectivity index (χ2v) is 8.65. The summed E-state index contributed by atoms with van der Waals surface area (Å²) in [6.07, 6.45) is 3.40. The quantitative estimate of drug-likeness (QED) is 0.436. The van der Waals surface area contributed by atoms with Crippen molar-refractivity contribution in [1.82, 2.24) is 20.3 Å². The summed E-state index contributed by atoms with van der Waals surface area (Å²) in [7, 11) is 1.95. The molecule has 0 saturated heterocycles. The van der Waals surface area contributed by atoms with E-state index in [0.29, 0.717) is 17.4 Å². The number of nitrogens with one attached hydrogen (secondary N) is 2. The molecule has 0 bridgehead atoms. The predicted molar refractivity (Wildman–Crippen MR) is 119 cm³/mol. The Bertz CT molecular complexity index is 836. The lowest BCUT2D eigenvalue weighted by Crippen LogP contribution is -2.38. The number of halogens is 2. The minimum atomic E-state index is -0.708. The standard InChI is InChI=1S/C19H29ClFN7S/c1-5-19(10-24-4,11(2)3)7-9-26-17-14(21)27-18(16(23)28-17)29-12-6-8-25-15(22)13(12)20/h6,8,11,24H,5,7,9-10H2,1-4H3,(H2,22,25)(H3,23,26,28). The molecule has 0 radical (unpaired) electrons. The molecule has 0 aliphatic rings. The van der Waals surface area contributed by atoms with Gasteiger partial charge in [-0.05, 0) is 37.3 Å². The number of rotatable bonds is 10. The first-order valence-corrected chi connectivity index (χ1v) is 10.7. The van der Waals surface area contributed by atoms with Gasteiger partial charge in [0.25, 0.3) is 5.95 Å². The molecule has 0 amide bonds. The van der Waals surface area contributed by atoms with Gasteiger partial charge in [-0.3, -0.25) is 0 Å². The number of nitrogens with two attached hydrogens (primary N) is 2. The Balaban J connectivity index is 2.12. The van der Waals surface area contributed by atoms with Crippen molar-refractivity contribution in [1.29, 1.82) is 0 Å². The van der Waals surface area contributed by atoms with Gasteiger partial charge in [0.15, 0.2) is 11.6 Å². The van der Waals surface area contributed by atoms with Crippen LogP contribution in [-0.4, -0.2) is 35.1 Å². The van der Waals surface area contributed by atoms with Gasteiger partial charge in [-0.2, -0.15) is 4.39 Å². The summed E-state index contributed by atoms with van der Waals surface area (Å²) >= 11 is 7.23. The number of hydrogen-bond acceptors (Lipinski definition) is 8. The Morgan fingerprint density at radius 2 is 2.00 bits per heavy atom. The van der Waals surface area contributed by atoms with Crippen molar-refractivity contribution < 1.29 is 4.39 Å². The monoisotopic (exact) mass is 441 g/mol. The molecule has 6 N–H and O–H groups in total. The normalized spacial score (nSPS) is 13.5. The lowest BCUT2D eigenvalue weighted by molar-refractivity contribution is 0.166. The Labute approximate surface area is 180 Å². The summed E-state index contributed by atoms with van der Waals surface area (Å²) in [5.74, 6) is 0.129. The zero-order valence-corrected chi connectivity index (χ0v) is 18.8. The van der Waals surface area contributed by atoms with Crippen LogP contribution in [0.2, 0.25) is 5.02 Å². The molecule has 0 aliphatic carbocycles. The van der Waals surface area contributed by atoms with Crippen molar-refractivity contribution in [2.45, 2.75) is 43.5 Å². The number of nitrogen functional groups attached to an aromatic ring is 2. The number of hydrogen-bond donors (Lipinski definition) is 4. The molecule has 2 aromatic heterocycles. The summed E-state index contributed by atoms with van der Waals surface area (Å²) in [6, 6.07) is 1.66. The molecular weight excluding hydrogens is 413 g/mol. The average molecular weight is 442 g/mol. The molecule has 0 spiro atoms. The minimum absolute atomic E-state index is 0.0467. The zero-order valence-electron chi connectivity index (χ0n) is 17.2. The van der Waals surface area contributed by atoms with E-state index in [2.05, 4.69) is 46.4 Å². The molecule has 10 heteroatoms. The lowest BCUT2D eigenvalue weighted by Gasteiger charge is -2.37. The van der Waals surface area contributed by atoms with Gasteiger partial charge >= 0.3 is 0 Å². The molecule has 1 atom stereocenters. The third-order valence-corrected chi connectivity index (χ3v) is 6.87. The molecule has 0 saturated carbocycles. The van der Waals surface area contributed by atoms with Gasteiger partial charge < -0.3 is 22.1 Å². The molecule has 29 heavy (non-hydrogen) atoms. The fourth-order valence-electron chi connectivity index (χ4n) is 3.30. The SMILES string of the molecule is CCC(CCNc1nc(N)c(Sc2ccnc(N)c2Cl)nc1F)(CNC)C(C)C. The summed E-state index contributed by atoms with van der Waals surface area (Å²) in [4.78, 5) is 12.6. The van der Waals surface area contributed by atoms with Gasteiger partial charge in [-0.25, -0.2) is 15.0 Å². The van der Waals surface area contributed by atoms with Crippen LogP contribution in [0.25, 0.3) is 0 Å². The molecular formula is C19H29ClFN7S. The summed E-state index contributed by atoms with van der Waals surface area (Å²) in [5.41, 5.74) is 11.8. The van der Waals surface area contributed by atoms with Crippen LogP contribution in [0.1, 0.15) is 33.6 Å². The van der Waals surface area contributed by atoms with Crippen LogP contribution in [0.4, 0.5) is 21.8 Å². The van der Waals surface area contributed by atoms with Gasteiger partial charge in [0.1, 0.15) is 10.8 Å². The molecule has 2 aromatic rings. The van der Waals surface area contributed by atoms with Crippen LogP contribution < -0.4 is 22.1 Å². The van der Waals surface area contributed by atoms with E-state index >= 15 is 0 Å². The molecule has 1 unspecified atom stereocenters. The first-order chi connectivity index (χ1) is 13.7. The first-order valence-electron chi connectivity index (χ1n) is 9.53. The summed E-state index contributed by atoms with van der Waals surface area (Å²) in [6.45, 7) is 8.06. The number of nitrogens with zero attached hydrogens (tertiary/aromatic N) is 3. The van der Waals surface area contributed by atoms with Crippen molar-refractivity contribution in [3.63, 3.8) is 0 Å². The van der Waals surface area contributed by atoms with Gasteiger partial charge in [-0.15, -0.1) is 0 Å². The van der Waals surface area contributed by atoms with E-state index in [-0.39, 0.29) is 32.9 Å². The highest BCUT2D eigenvalue weighted by atomic mass is 35.5. The van der Waals surface area contributed by atoms with Crippen LogP contribution in [0.3, 0.4) is 0 Å². The second-order valence-electron chi connectivity index (χ2n) is 7.24. The van der Waals surface area contributed by atoms with Crippen molar-refractivity contribution in [3.8, 4) is 0 Å².